The van der Waals surface area contributed by atoms with Crippen molar-refractivity contribution in [3.63, 3.8) is 0 Å². The molecule has 0 N–H and O–H groups in total. The Morgan fingerprint density at radius 2 is 2.07 bits per heavy atom. The molecule has 1 unspecified atom stereocenters. The van der Waals surface area contributed by atoms with Crippen LogP contribution in [0.25, 0.3) is 0 Å². The lowest BCUT2D eigenvalue weighted by Crippen LogP contribution is -2.36. The van der Waals surface area contributed by atoms with Gasteiger partial charge in [0.15, 0.2) is 5.78 Å². The Bertz CT molecular complexity index is 272. The summed E-state index contributed by atoms with van der Waals surface area (Å²) in [6.45, 7) is 3.45. The fourth-order valence-corrected chi connectivity index (χ4v) is 1.67. The smallest absolute Gasteiger partial charge is 0.228 e. The predicted molar refractivity (Wildman–Crippen MR) is 54.5 cm³/mol. The molecule has 0 fully saturated rings. The second-order valence-electron chi connectivity index (χ2n) is 4.18. The molecule has 2 heteroatoms. The second kappa shape index (κ2) is 4.59. The average molecular weight is 196 g/mol. The Labute approximate surface area is 85.1 Å². The van der Waals surface area contributed by atoms with E-state index in [2.05, 4.69) is 11.8 Å². The van der Waals surface area contributed by atoms with E-state index in [1.54, 1.807) is 13.8 Å². The molecule has 14 heavy (non-hydrogen) atoms. The molecule has 0 bridgehead atoms. The Kier molecular flexibility index (Phi) is 3.69. The van der Waals surface area contributed by atoms with Crippen molar-refractivity contribution in [2.24, 2.45) is 5.92 Å². The SMILES string of the molecule is CC(C)C(=O)C1(F)C#CCCCCC1. The molecule has 0 amide bonds. The zero-order chi connectivity index (χ0) is 10.6. The first-order valence-corrected chi connectivity index (χ1v) is 5.29. The largest absolute Gasteiger partial charge is 0.295 e. The quantitative estimate of drug-likeness (QED) is 0.621. The molecule has 0 radical (unpaired) electrons. The summed E-state index contributed by atoms with van der Waals surface area (Å²) in [7, 11) is 0. The summed E-state index contributed by atoms with van der Waals surface area (Å²) in [4.78, 5) is 11.6. The maximum Gasteiger partial charge on any atom is 0.228 e. The number of hydrogen-bond acceptors (Lipinski definition) is 1. The first-order valence-electron chi connectivity index (χ1n) is 5.29. The molecule has 1 rings (SSSR count). The molecule has 0 heterocycles. The van der Waals surface area contributed by atoms with Crippen LogP contribution in [0, 0.1) is 17.8 Å². The van der Waals surface area contributed by atoms with Gasteiger partial charge < -0.3 is 0 Å². The van der Waals surface area contributed by atoms with Crippen LogP contribution in [0.15, 0.2) is 0 Å². The van der Waals surface area contributed by atoms with Crippen molar-refractivity contribution in [2.45, 2.75) is 51.6 Å². The fraction of sp³-hybridized carbons (Fsp3) is 0.750. The van der Waals surface area contributed by atoms with Gasteiger partial charge in [0, 0.05) is 18.8 Å². The minimum atomic E-state index is -1.87. The Morgan fingerprint density at radius 3 is 2.71 bits per heavy atom. The van der Waals surface area contributed by atoms with Gasteiger partial charge in [0.1, 0.15) is 0 Å². The number of Topliss-reactive ketones (excluding diaryl/α,β-unsaturated/α-hetero) is 1. The molecule has 0 saturated carbocycles. The van der Waals surface area contributed by atoms with Gasteiger partial charge in [-0.3, -0.25) is 4.79 Å². The van der Waals surface area contributed by atoms with E-state index < -0.39 is 5.67 Å². The Hall–Kier alpha value is -0.840. The van der Waals surface area contributed by atoms with E-state index in [0.717, 1.165) is 25.7 Å². The highest BCUT2D eigenvalue weighted by atomic mass is 19.1. The number of carbonyl (C=O) groups excluding carboxylic acids is 1. The van der Waals surface area contributed by atoms with Gasteiger partial charge in [0.2, 0.25) is 5.67 Å². The molecule has 1 aliphatic rings. The van der Waals surface area contributed by atoms with Gasteiger partial charge in [-0.25, -0.2) is 4.39 Å². The zero-order valence-electron chi connectivity index (χ0n) is 8.90. The monoisotopic (exact) mass is 196 g/mol. The molecule has 0 aromatic carbocycles. The highest BCUT2D eigenvalue weighted by Gasteiger charge is 2.37. The van der Waals surface area contributed by atoms with Crippen LogP contribution >= 0.6 is 0 Å². The molecule has 0 saturated heterocycles. The van der Waals surface area contributed by atoms with Crippen molar-refractivity contribution in [3.8, 4) is 11.8 Å². The average Bonchev–Trinajstić information content (AvgIpc) is 2.10. The number of alkyl halides is 1. The molecule has 78 valence electrons. The molecule has 0 aliphatic heterocycles. The molecule has 0 spiro atoms. The fourth-order valence-electron chi connectivity index (χ4n) is 1.67. The van der Waals surface area contributed by atoms with Gasteiger partial charge in [0.05, 0.1) is 0 Å². The minimum absolute atomic E-state index is 0.270. The van der Waals surface area contributed by atoms with E-state index >= 15 is 0 Å². The van der Waals surface area contributed by atoms with Gasteiger partial charge >= 0.3 is 0 Å². The van der Waals surface area contributed by atoms with E-state index in [0.29, 0.717) is 0 Å². The van der Waals surface area contributed by atoms with E-state index in [1.165, 1.54) is 0 Å². The van der Waals surface area contributed by atoms with E-state index in [9.17, 15) is 9.18 Å². The van der Waals surface area contributed by atoms with Crippen LogP contribution in [0.5, 0.6) is 0 Å². The van der Waals surface area contributed by atoms with Gasteiger partial charge in [-0.05, 0) is 12.8 Å². The standard InChI is InChI=1S/C12H17FO/c1-10(2)11(14)12(13)8-6-4-3-5-7-9-12/h10H,3-6,8H2,1-2H3. The van der Waals surface area contributed by atoms with Crippen LogP contribution in [0.2, 0.25) is 0 Å². The number of hydrogen-bond donors (Lipinski definition) is 0. The Balaban J connectivity index is 2.83. The third-order valence-corrected chi connectivity index (χ3v) is 2.52. The first kappa shape index (κ1) is 11.2. The van der Waals surface area contributed by atoms with E-state index in [1.807, 2.05) is 0 Å². The van der Waals surface area contributed by atoms with Gasteiger partial charge in [-0.1, -0.05) is 32.1 Å². The van der Waals surface area contributed by atoms with Crippen LogP contribution < -0.4 is 0 Å². The van der Waals surface area contributed by atoms with Crippen LogP contribution in [-0.2, 0) is 4.79 Å². The second-order valence-corrected chi connectivity index (χ2v) is 4.18. The van der Waals surface area contributed by atoms with Crippen molar-refractivity contribution < 1.29 is 9.18 Å². The maximum atomic E-state index is 14.1. The maximum absolute atomic E-state index is 14.1. The molecule has 1 aliphatic carbocycles. The lowest BCUT2D eigenvalue weighted by molar-refractivity contribution is -0.130. The third kappa shape index (κ3) is 2.57. The summed E-state index contributed by atoms with van der Waals surface area (Å²) in [5.41, 5.74) is -1.87. The lowest BCUT2D eigenvalue weighted by atomic mass is 9.87. The van der Waals surface area contributed by atoms with Crippen molar-refractivity contribution in [3.05, 3.63) is 0 Å². The summed E-state index contributed by atoms with van der Waals surface area (Å²) in [6.07, 6.45) is 3.77. The highest BCUT2D eigenvalue weighted by Crippen LogP contribution is 2.25. The van der Waals surface area contributed by atoms with Crippen LogP contribution in [-0.4, -0.2) is 11.5 Å². The Morgan fingerprint density at radius 1 is 1.36 bits per heavy atom. The number of carbonyl (C=O) groups is 1. The molecule has 1 atom stereocenters. The summed E-state index contributed by atoms with van der Waals surface area (Å²) < 4.78 is 14.1. The normalized spacial score (nSPS) is 27.4. The summed E-state index contributed by atoms with van der Waals surface area (Å²) in [5, 5.41) is 0. The van der Waals surface area contributed by atoms with Gasteiger partial charge in [-0.2, -0.15) is 0 Å². The lowest BCUT2D eigenvalue weighted by Gasteiger charge is -2.21. The van der Waals surface area contributed by atoms with Crippen molar-refractivity contribution in [1.82, 2.24) is 0 Å². The van der Waals surface area contributed by atoms with E-state index in [4.69, 9.17) is 0 Å². The zero-order valence-corrected chi connectivity index (χ0v) is 8.90. The topological polar surface area (TPSA) is 17.1 Å². The summed E-state index contributed by atoms with van der Waals surface area (Å²) in [5.74, 6) is 4.66. The van der Waals surface area contributed by atoms with Crippen LogP contribution in [0.1, 0.15) is 46.0 Å². The molecule has 1 nitrogen and oxygen atoms in total. The minimum Gasteiger partial charge on any atom is -0.295 e. The van der Waals surface area contributed by atoms with Gasteiger partial charge in [0.25, 0.3) is 0 Å². The highest BCUT2D eigenvalue weighted by molar-refractivity contribution is 5.92. The van der Waals surface area contributed by atoms with E-state index in [-0.39, 0.29) is 18.1 Å². The number of rotatable bonds is 2. The summed E-state index contributed by atoms with van der Waals surface area (Å²) >= 11 is 0. The van der Waals surface area contributed by atoms with Crippen molar-refractivity contribution in [2.75, 3.05) is 0 Å². The van der Waals surface area contributed by atoms with Crippen LogP contribution in [0.4, 0.5) is 4.39 Å². The van der Waals surface area contributed by atoms with Crippen molar-refractivity contribution in [1.29, 1.82) is 0 Å². The molecule has 0 aromatic heterocycles. The van der Waals surface area contributed by atoms with Gasteiger partial charge in [-0.15, -0.1) is 0 Å². The third-order valence-electron chi connectivity index (χ3n) is 2.52. The first-order chi connectivity index (χ1) is 6.56. The predicted octanol–water partition coefficient (Wildman–Crippen LogP) is 2.89. The number of halogens is 1. The molecular weight excluding hydrogens is 179 g/mol. The number of ketones is 1. The molecular formula is C12H17FO. The molecule has 0 aromatic rings. The van der Waals surface area contributed by atoms with Crippen molar-refractivity contribution >= 4 is 5.78 Å². The van der Waals surface area contributed by atoms with Crippen LogP contribution in [0.3, 0.4) is 0 Å². The summed E-state index contributed by atoms with van der Waals surface area (Å²) in [6, 6.07) is 0.